The number of nitrogens with zero attached hydrogens (tertiary/aromatic N) is 1. The molecule has 0 bridgehead atoms. The predicted molar refractivity (Wildman–Crippen MR) is 109 cm³/mol. The van der Waals surface area contributed by atoms with E-state index in [2.05, 4.69) is 0 Å². The smallest absolute Gasteiger partial charge is 0.338 e. The number of hydrogen-bond donors (Lipinski definition) is 0. The van der Waals surface area contributed by atoms with E-state index in [4.69, 9.17) is 4.74 Å². The molecule has 1 heterocycles. The zero-order valence-corrected chi connectivity index (χ0v) is 18.3. The third kappa shape index (κ3) is 7.43. The van der Waals surface area contributed by atoms with Crippen molar-refractivity contribution in [3.05, 3.63) is 35.4 Å². The molecule has 0 aromatic heterocycles. The maximum atomic E-state index is 12.6. The molecular weight excluding hydrogens is 418 g/mol. The number of benzene rings is 1. The van der Waals surface area contributed by atoms with Gasteiger partial charge < -0.3 is 9.64 Å². The molecular formula is C19H27NO7S2. The Labute approximate surface area is 172 Å². The van der Waals surface area contributed by atoms with Crippen LogP contribution in [0.25, 0.3) is 0 Å². The first kappa shape index (κ1) is 23.3. The summed E-state index contributed by atoms with van der Waals surface area (Å²) in [5.41, 5.74) is 0.756. The molecule has 1 aromatic carbocycles. The predicted octanol–water partition coefficient (Wildman–Crippen LogP) is 1.20. The Morgan fingerprint density at radius 2 is 1.86 bits per heavy atom. The number of carbonyl (C=O) groups is 2. The highest BCUT2D eigenvalue weighted by molar-refractivity contribution is 7.91. The van der Waals surface area contributed by atoms with Gasteiger partial charge in [0, 0.05) is 18.8 Å². The van der Waals surface area contributed by atoms with E-state index in [0.717, 1.165) is 19.1 Å². The standard InChI is InChI=1S/C19H27NO7S2/c1-3-4-10-20(17-9-11-29(25,26)14-17)18(21)12-27-19(22)16-7-5-15(6-8-16)13-28(2,23)24/h5-8,17H,3-4,9-14H2,1-2H3. The van der Waals surface area contributed by atoms with Crippen LogP contribution in [0.4, 0.5) is 0 Å². The second-order valence-corrected chi connectivity index (χ2v) is 11.7. The molecule has 2 rings (SSSR count). The van der Waals surface area contributed by atoms with Gasteiger partial charge in [0.05, 0.1) is 22.8 Å². The van der Waals surface area contributed by atoms with Gasteiger partial charge in [0.2, 0.25) is 0 Å². The topological polar surface area (TPSA) is 115 Å². The summed E-state index contributed by atoms with van der Waals surface area (Å²) < 4.78 is 51.2. The number of esters is 1. The van der Waals surface area contributed by atoms with Crippen molar-refractivity contribution in [1.82, 2.24) is 4.90 Å². The average molecular weight is 446 g/mol. The number of hydrogen-bond acceptors (Lipinski definition) is 7. The van der Waals surface area contributed by atoms with E-state index >= 15 is 0 Å². The minimum absolute atomic E-state index is 0.0573. The summed E-state index contributed by atoms with van der Waals surface area (Å²) in [5.74, 6) is -1.23. The van der Waals surface area contributed by atoms with Crippen molar-refractivity contribution >= 4 is 31.6 Å². The second-order valence-electron chi connectivity index (χ2n) is 7.34. The summed E-state index contributed by atoms with van der Waals surface area (Å²) in [4.78, 5) is 26.3. The summed E-state index contributed by atoms with van der Waals surface area (Å²) in [6, 6.07) is 5.57. The van der Waals surface area contributed by atoms with Gasteiger partial charge in [-0.15, -0.1) is 0 Å². The molecule has 1 aliphatic rings. The van der Waals surface area contributed by atoms with E-state index < -0.39 is 38.2 Å². The van der Waals surface area contributed by atoms with Crippen LogP contribution in [0.15, 0.2) is 24.3 Å². The number of rotatable bonds is 9. The van der Waals surface area contributed by atoms with Crippen LogP contribution in [0.1, 0.15) is 42.1 Å². The third-order valence-electron chi connectivity index (χ3n) is 4.67. The van der Waals surface area contributed by atoms with Crippen molar-refractivity contribution < 1.29 is 31.2 Å². The summed E-state index contributed by atoms with van der Waals surface area (Å²) in [5, 5.41) is 0. The van der Waals surface area contributed by atoms with E-state index in [9.17, 15) is 26.4 Å². The van der Waals surface area contributed by atoms with Crippen molar-refractivity contribution in [3.8, 4) is 0 Å². The van der Waals surface area contributed by atoms with Gasteiger partial charge in [-0.05, 0) is 30.5 Å². The van der Waals surface area contributed by atoms with Crippen LogP contribution in [-0.4, -0.2) is 70.6 Å². The van der Waals surface area contributed by atoms with Gasteiger partial charge in [0.1, 0.15) is 0 Å². The minimum Gasteiger partial charge on any atom is -0.452 e. The van der Waals surface area contributed by atoms with E-state index in [1.807, 2.05) is 6.92 Å². The molecule has 1 fully saturated rings. The van der Waals surface area contributed by atoms with E-state index in [1.54, 1.807) is 0 Å². The molecule has 10 heteroatoms. The highest BCUT2D eigenvalue weighted by Gasteiger charge is 2.34. The van der Waals surface area contributed by atoms with Gasteiger partial charge in [-0.3, -0.25) is 4.79 Å². The maximum Gasteiger partial charge on any atom is 0.338 e. The highest BCUT2D eigenvalue weighted by atomic mass is 32.2. The first-order chi connectivity index (χ1) is 13.5. The van der Waals surface area contributed by atoms with Crippen molar-refractivity contribution in [2.24, 2.45) is 0 Å². The van der Waals surface area contributed by atoms with E-state index in [-0.39, 0.29) is 28.9 Å². The molecule has 1 saturated heterocycles. The lowest BCUT2D eigenvalue weighted by atomic mass is 10.1. The Hall–Kier alpha value is -1.94. The van der Waals surface area contributed by atoms with Crippen molar-refractivity contribution in [3.63, 3.8) is 0 Å². The van der Waals surface area contributed by atoms with Crippen molar-refractivity contribution in [2.45, 2.75) is 38.0 Å². The summed E-state index contributed by atoms with van der Waals surface area (Å²) >= 11 is 0. The molecule has 0 saturated carbocycles. The summed E-state index contributed by atoms with van der Waals surface area (Å²) in [6.45, 7) is 1.93. The highest BCUT2D eigenvalue weighted by Crippen LogP contribution is 2.19. The first-order valence-corrected chi connectivity index (χ1v) is 13.3. The molecule has 0 spiro atoms. The number of amides is 1. The van der Waals surface area contributed by atoms with Crippen molar-refractivity contribution in [2.75, 3.05) is 30.9 Å². The second kappa shape index (κ2) is 9.71. The van der Waals surface area contributed by atoms with Crippen molar-refractivity contribution in [1.29, 1.82) is 0 Å². The van der Waals surface area contributed by atoms with E-state index in [1.165, 1.54) is 29.2 Å². The van der Waals surface area contributed by atoms with Gasteiger partial charge in [-0.2, -0.15) is 0 Å². The molecule has 162 valence electrons. The molecule has 0 aliphatic carbocycles. The number of ether oxygens (including phenoxy) is 1. The Balaban J connectivity index is 1.96. The fourth-order valence-corrected chi connectivity index (χ4v) is 5.72. The van der Waals surface area contributed by atoms with Gasteiger partial charge in [-0.1, -0.05) is 25.5 Å². The molecule has 1 amide bonds. The van der Waals surface area contributed by atoms with Crippen LogP contribution >= 0.6 is 0 Å². The summed E-state index contributed by atoms with van der Waals surface area (Å²) in [6.07, 6.45) is 3.11. The lowest BCUT2D eigenvalue weighted by Gasteiger charge is -2.28. The number of carbonyl (C=O) groups excluding carboxylic acids is 2. The maximum absolute atomic E-state index is 12.6. The quantitative estimate of drug-likeness (QED) is 0.525. The number of sulfone groups is 2. The van der Waals surface area contributed by atoms with Crippen LogP contribution in [-0.2, 0) is 35.0 Å². The van der Waals surface area contributed by atoms with Gasteiger partial charge in [0.15, 0.2) is 26.3 Å². The lowest BCUT2D eigenvalue weighted by Crippen LogP contribution is -2.43. The van der Waals surface area contributed by atoms with Crippen LogP contribution in [0.3, 0.4) is 0 Å². The number of unbranched alkanes of at least 4 members (excludes halogenated alkanes) is 1. The normalized spacial score (nSPS) is 18.3. The Bertz CT molecular complexity index is 937. The molecule has 29 heavy (non-hydrogen) atoms. The molecule has 1 unspecified atom stereocenters. The molecule has 1 aromatic rings. The van der Waals surface area contributed by atoms with Gasteiger partial charge >= 0.3 is 5.97 Å². The third-order valence-corrected chi connectivity index (χ3v) is 7.28. The van der Waals surface area contributed by atoms with Gasteiger partial charge in [-0.25, -0.2) is 21.6 Å². The largest absolute Gasteiger partial charge is 0.452 e. The van der Waals surface area contributed by atoms with Crippen LogP contribution in [0.2, 0.25) is 0 Å². The fourth-order valence-electron chi connectivity index (χ4n) is 3.19. The SMILES string of the molecule is CCCCN(C(=O)COC(=O)c1ccc(CS(C)(=O)=O)cc1)C1CCS(=O)(=O)C1. The zero-order valence-electron chi connectivity index (χ0n) is 16.7. The van der Waals surface area contributed by atoms with Crippen LogP contribution < -0.4 is 0 Å². The Morgan fingerprint density at radius 3 is 2.38 bits per heavy atom. The van der Waals surface area contributed by atoms with Gasteiger partial charge in [0.25, 0.3) is 5.91 Å². The average Bonchev–Trinajstić information content (AvgIpc) is 2.99. The zero-order chi connectivity index (χ0) is 21.7. The minimum atomic E-state index is -3.17. The fraction of sp³-hybridized carbons (Fsp3) is 0.579. The summed E-state index contributed by atoms with van der Waals surface area (Å²) in [7, 11) is -6.31. The monoisotopic (exact) mass is 445 g/mol. The Morgan fingerprint density at radius 1 is 1.21 bits per heavy atom. The van der Waals surface area contributed by atoms with E-state index in [0.29, 0.717) is 18.5 Å². The Kier molecular flexibility index (Phi) is 7.81. The molecule has 0 radical (unpaired) electrons. The first-order valence-electron chi connectivity index (χ1n) is 9.44. The molecule has 1 aliphatic heterocycles. The molecule has 8 nitrogen and oxygen atoms in total. The lowest BCUT2D eigenvalue weighted by molar-refractivity contribution is -0.136. The van der Waals surface area contributed by atoms with Crippen LogP contribution in [0.5, 0.6) is 0 Å². The molecule has 0 N–H and O–H groups in total. The van der Waals surface area contributed by atoms with Crippen LogP contribution in [0, 0.1) is 0 Å². The molecule has 1 atom stereocenters.